The van der Waals surface area contributed by atoms with Gasteiger partial charge in [0.2, 0.25) is 0 Å². The van der Waals surface area contributed by atoms with E-state index in [1.165, 1.54) is 11.3 Å². The van der Waals surface area contributed by atoms with Gasteiger partial charge in [0.05, 0.1) is 16.4 Å². The van der Waals surface area contributed by atoms with Crippen molar-refractivity contribution < 1.29 is 9.90 Å². The molecule has 0 saturated carbocycles. The Hall–Kier alpha value is -1.03. The first-order valence-electron chi connectivity index (χ1n) is 5.51. The Morgan fingerprint density at radius 3 is 2.90 bits per heavy atom. The Morgan fingerprint density at radius 2 is 2.25 bits per heavy atom. The van der Waals surface area contributed by atoms with Crippen LogP contribution in [-0.2, 0) is 6.54 Å². The third kappa shape index (κ3) is 3.75. The lowest BCUT2D eigenvalue weighted by atomic mass is 10.2. The molecule has 104 valence electrons. The van der Waals surface area contributed by atoms with Crippen molar-refractivity contribution in [2.45, 2.75) is 6.54 Å². The molecule has 0 saturated heterocycles. The zero-order valence-electron chi connectivity index (χ0n) is 10.1. The van der Waals surface area contributed by atoms with Gasteiger partial charge in [0.15, 0.2) is 0 Å². The fourth-order valence-corrected chi connectivity index (χ4v) is 3.70. The van der Waals surface area contributed by atoms with Gasteiger partial charge in [-0.05, 0) is 17.5 Å². The second kappa shape index (κ2) is 7.11. The van der Waals surface area contributed by atoms with Gasteiger partial charge in [0.25, 0.3) is 5.91 Å². The zero-order valence-corrected chi connectivity index (χ0v) is 13.2. The number of aliphatic hydroxyl groups excluding tert-OH is 1. The Labute approximate surface area is 134 Å². The number of halogens is 2. The van der Waals surface area contributed by atoms with Gasteiger partial charge in [-0.3, -0.25) is 4.79 Å². The molecule has 1 amide bonds. The Kier molecular flexibility index (Phi) is 5.46. The van der Waals surface area contributed by atoms with Crippen LogP contribution in [0, 0.1) is 11.8 Å². The van der Waals surface area contributed by atoms with Gasteiger partial charge in [-0.1, -0.05) is 35.0 Å². The van der Waals surface area contributed by atoms with Gasteiger partial charge in [-0.15, -0.1) is 22.7 Å². The number of amides is 1. The monoisotopic (exact) mass is 345 g/mol. The van der Waals surface area contributed by atoms with Crippen LogP contribution in [0.4, 0.5) is 0 Å². The van der Waals surface area contributed by atoms with Crippen molar-refractivity contribution in [2.24, 2.45) is 0 Å². The van der Waals surface area contributed by atoms with Gasteiger partial charge in [0.1, 0.15) is 10.9 Å². The van der Waals surface area contributed by atoms with Crippen LogP contribution in [0.25, 0.3) is 0 Å². The molecule has 0 spiro atoms. The van der Waals surface area contributed by atoms with E-state index in [-0.39, 0.29) is 12.5 Å². The molecule has 7 heteroatoms. The maximum atomic E-state index is 12.0. The number of nitrogens with one attached hydrogen (secondary N) is 1. The van der Waals surface area contributed by atoms with Gasteiger partial charge in [-0.25, -0.2) is 0 Å². The van der Waals surface area contributed by atoms with Gasteiger partial charge in [0, 0.05) is 10.4 Å². The van der Waals surface area contributed by atoms with Gasteiger partial charge < -0.3 is 10.4 Å². The number of carbonyl (C=O) groups is 1. The van der Waals surface area contributed by atoms with E-state index in [1.54, 1.807) is 6.07 Å². The van der Waals surface area contributed by atoms with Crippen molar-refractivity contribution in [3.8, 4) is 11.8 Å². The molecule has 0 aromatic carbocycles. The molecule has 0 unspecified atom stereocenters. The summed E-state index contributed by atoms with van der Waals surface area (Å²) < 4.78 is 0.852. The summed E-state index contributed by atoms with van der Waals surface area (Å²) in [5, 5.41) is 13.4. The highest BCUT2D eigenvalue weighted by Gasteiger charge is 2.14. The quantitative estimate of drug-likeness (QED) is 0.837. The van der Waals surface area contributed by atoms with Crippen molar-refractivity contribution in [2.75, 3.05) is 6.61 Å². The molecule has 0 bridgehead atoms. The maximum Gasteiger partial charge on any atom is 0.254 e. The van der Waals surface area contributed by atoms with E-state index >= 15 is 0 Å². The number of hydrogen-bond donors (Lipinski definition) is 2. The van der Waals surface area contributed by atoms with Gasteiger partial charge >= 0.3 is 0 Å². The van der Waals surface area contributed by atoms with Gasteiger partial charge in [-0.2, -0.15) is 0 Å². The fourth-order valence-electron chi connectivity index (χ4n) is 1.47. The summed E-state index contributed by atoms with van der Waals surface area (Å²) in [5.41, 5.74) is 1.18. The molecule has 0 fully saturated rings. The van der Waals surface area contributed by atoms with Crippen molar-refractivity contribution in [3.63, 3.8) is 0 Å². The molecule has 20 heavy (non-hydrogen) atoms. The maximum absolute atomic E-state index is 12.0. The standard InChI is InChI=1S/C13H9Cl2NO2S2/c14-11-6-9(12(15)20-11)13(18)16-7-10-8(2-1-4-17)3-5-19-10/h3,5-6,17H,4,7H2,(H,16,18). The van der Waals surface area contributed by atoms with E-state index in [0.717, 1.165) is 21.8 Å². The van der Waals surface area contributed by atoms with Crippen LogP contribution in [0.3, 0.4) is 0 Å². The highest BCUT2D eigenvalue weighted by atomic mass is 35.5. The van der Waals surface area contributed by atoms with E-state index < -0.39 is 0 Å². The van der Waals surface area contributed by atoms with Crippen molar-refractivity contribution in [1.29, 1.82) is 0 Å². The van der Waals surface area contributed by atoms with Crippen LogP contribution in [-0.4, -0.2) is 17.6 Å². The van der Waals surface area contributed by atoms with Crippen LogP contribution in [0.1, 0.15) is 20.8 Å². The molecule has 2 aromatic rings. The molecule has 0 radical (unpaired) electrons. The fraction of sp³-hybridized carbons (Fsp3) is 0.154. The molecular formula is C13H9Cl2NO2S2. The number of rotatable bonds is 3. The molecule has 0 aliphatic heterocycles. The molecule has 3 nitrogen and oxygen atoms in total. The zero-order chi connectivity index (χ0) is 14.5. The van der Waals surface area contributed by atoms with Crippen LogP contribution < -0.4 is 5.32 Å². The molecular weight excluding hydrogens is 337 g/mol. The third-order valence-electron chi connectivity index (χ3n) is 2.36. The third-order valence-corrected chi connectivity index (χ3v) is 4.77. The number of hydrogen-bond acceptors (Lipinski definition) is 4. The highest BCUT2D eigenvalue weighted by molar-refractivity contribution is 7.20. The molecule has 0 atom stereocenters. The first-order valence-corrected chi connectivity index (χ1v) is 7.96. The molecule has 0 aliphatic rings. The molecule has 2 heterocycles. The van der Waals surface area contributed by atoms with Crippen LogP contribution in [0.2, 0.25) is 8.67 Å². The summed E-state index contributed by atoms with van der Waals surface area (Å²) in [6.45, 7) is 0.167. The summed E-state index contributed by atoms with van der Waals surface area (Å²) >= 11 is 14.4. The first-order chi connectivity index (χ1) is 9.61. The van der Waals surface area contributed by atoms with E-state index in [0.29, 0.717) is 20.8 Å². The Morgan fingerprint density at radius 1 is 1.45 bits per heavy atom. The van der Waals surface area contributed by atoms with Crippen molar-refractivity contribution >= 4 is 51.8 Å². The Balaban J connectivity index is 2.04. The summed E-state index contributed by atoms with van der Waals surface area (Å²) in [6.07, 6.45) is 0. The number of carbonyl (C=O) groups excluding carboxylic acids is 1. The minimum absolute atomic E-state index is 0.190. The minimum atomic E-state index is -0.271. The molecule has 2 N–H and O–H groups in total. The molecule has 2 aromatic heterocycles. The summed E-state index contributed by atoms with van der Waals surface area (Å²) in [6, 6.07) is 3.40. The smallest absolute Gasteiger partial charge is 0.254 e. The predicted octanol–water partition coefficient (Wildman–Crippen LogP) is 3.39. The topological polar surface area (TPSA) is 49.3 Å². The lowest BCUT2D eigenvalue weighted by Gasteiger charge is -2.03. The highest BCUT2D eigenvalue weighted by Crippen LogP contribution is 2.31. The second-order valence-electron chi connectivity index (χ2n) is 3.64. The van der Waals surface area contributed by atoms with Crippen molar-refractivity contribution in [3.05, 3.63) is 42.2 Å². The van der Waals surface area contributed by atoms with E-state index in [9.17, 15) is 4.79 Å². The Bertz CT molecular complexity index is 682. The van der Waals surface area contributed by atoms with Crippen molar-refractivity contribution in [1.82, 2.24) is 5.32 Å². The SMILES string of the molecule is O=C(NCc1sccc1C#CCO)c1cc(Cl)sc1Cl. The number of thiophene rings is 2. The minimum Gasteiger partial charge on any atom is -0.384 e. The van der Waals surface area contributed by atoms with E-state index in [1.807, 2.05) is 11.4 Å². The van der Waals surface area contributed by atoms with Crippen LogP contribution >= 0.6 is 45.9 Å². The molecule has 0 aliphatic carbocycles. The number of aliphatic hydroxyl groups is 1. The normalized spacial score (nSPS) is 9.95. The lowest BCUT2D eigenvalue weighted by Crippen LogP contribution is -2.22. The van der Waals surface area contributed by atoms with Crippen LogP contribution in [0.15, 0.2) is 17.5 Å². The average Bonchev–Trinajstić information content (AvgIpc) is 2.99. The predicted molar refractivity (Wildman–Crippen MR) is 83.8 cm³/mol. The van der Waals surface area contributed by atoms with E-state index in [4.69, 9.17) is 28.3 Å². The second-order valence-corrected chi connectivity index (χ2v) is 6.92. The first kappa shape index (κ1) is 15.4. The summed E-state index contributed by atoms with van der Waals surface area (Å²) in [5.74, 6) is 5.15. The van der Waals surface area contributed by atoms with Crippen LogP contribution in [0.5, 0.6) is 0 Å². The summed E-state index contributed by atoms with van der Waals surface area (Å²) in [7, 11) is 0. The summed E-state index contributed by atoms with van der Waals surface area (Å²) in [4.78, 5) is 12.9. The lowest BCUT2D eigenvalue weighted by molar-refractivity contribution is 0.0952. The average molecular weight is 346 g/mol. The molecule has 2 rings (SSSR count). The van der Waals surface area contributed by atoms with E-state index in [2.05, 4.69) is 17.2 Å². The largest absolute Gasteiger partial charge is 0.384 e.